The summed E-state index contributed by atoms with van der Waals surface area (Å²) >= 11 is 0. The van der Waals surface area contributed by atoms with Gasteiger partial charge in [0.2, 0.25) is 0 Å². The third kappa shape index (κ3) is 1.16. The minimum Gasteiger partial charge on any atom is -0.360 e. The maximum atomic E-state index is 5.39. The van der Waals surface area contributed by atoms with Crippen molar-refractivity contribution in [2.75, 3.05) is 0 Å². The van der Waals surface area contributed by atoms with E-state index in [2.05, 4.69) is 5.16 Å². The van der Waals surface area contributed by atoms with Gasteiger partial charge in [0, 0.05) is 12.0 Å². The van der Waals surface area contributed by atoms with E-state index >= 15 is 0 Å². The molecule has 2 rings (SSSR count). The first-order valence-corrected chi connectivity index (χ1v) is 4.05. The van der Waals surface area contributed by atoms with E-state index in [4.69, 9.17) is 10.3 Å². The monoisotopic (exact) mass is 152 g/mol. The van der Waals surface area contributed by atoms with Gasteiger partial charge in [-0.1, -0.05) is 11.6 Å². The molecule has 11 heavy (non-hydrogen) atoms. The van der Waals surface area contributed by atoms with Gasteiger partial charge in [-0.3, -0.25) is 0 Å². The molecule has 0 atom stereocenters. The van der Waals surface area contributed by atoms with E-state index in [1.54, 1.807) is 0 Å². The van der Waals surface area contributed by atoms with Crippen LogP contribution in [0.4, 0.5) is 0 Å². The summed E-state index contributed by atoms with van der Waals surface area (Å²) in [6, 6.07) is 1.98. The number of nitrogens with zero attached hydrogens (tertiary/aromatic N) is 1. The summed E-state index contributed by atoms with van der Waals surface area (Å²) in [7, 11) is 0. The highest BCUT2D eigenvalue weighted by Gasteiger charge is 2.22. The molecule has 1 aliphatic carbocycles. The molecule has 0 spiro atoms. The molecule has 2 N–H and O–H groups in total. The van der Waals surface area contributed by atoms with Gasteiger partial charge in [-0.05, 0) is 12.8 Å². The van der Waals surface area contributed by atoms with Crippen LogP contribution in [-0.4, -0.2) is 5.16 Å². The van der Waals surface area contributed by atoms with Gasteiger partial charge in [0.1, 0.15) is 0 Å². The lowest BCUT2D eigenvalue weighted by atomic mass is 9.83. The summed E-state index contributed by atoms with van der Waals surface area (Å²) in [5, 5.41) is 3.95. The van der Waals surface area contributed by atoms with Crippen LogP contribution in [0.5, 0.6) is 0 Å². The van der Waals surface area contributed by atoms with Crippen LogP contribution in [0.2, 0.25) is 0 Å². The van der Waals surface area contributed by atoms with Crippen molar-refractivity contribution in [2.45, 2.75) is 31.7 Å². The maximum Gasteiger partial charge on any atom is 0.150 e. The maximum absolute atomic E-state index is 5.39. The Morgan fingerprint density at radius 2 is 2.45 bits per heavy atom. The molecule has 0 bridgehead atoms. The van der Waals surface area contributed by atoms with Gasteiger partial charge in [0.25, 0.3) is 0 Å². The quantitative estimate of drug-likeness (QED) is 0.696. The van der Waals surface area contributed by atoms with Crippen LogP contribution in [-0.2, 0) is 6.54 Å². The van der Waals surface area contributed by atoms with E-state index in [0.29, 0.717) is 12.5 Å². The standard InChI is InChI=1S/C8H12N2O/c9-5-7-4-8(10-11-7)6-2-1-3-6/h4,6H,1-3,5,9H2. The van der Waals surface area contributed by atoms with Crippen LogP contribution >= 0.6 is 0 Å². The second-order valence-corrected chi connectivity index (χ2v) is 3.05. The van der Waals surface area contributed by atoms with Gasteiger partial charge in [0.15, 0.2) is 5.76 Å². The highest BCUT2D eigenvalue weighted by Crippen LogP contribution is 2.35. The highest BCUT2D eigenvalue weighted by atomic mass is 16.5. The van der Waals surface area contributed by atoms with Crippen LogP contribution in [0.1, 0.15) is 36.6 Å². The Morgan fingerprint density at radius 1 is 1.64 bits per heavy atom. The Kier molecular flexibility index (Phi) is 1.66. The molecule has 0 unspecified atom stereocenters. The minimum absolute atomic E-state index is 0.458. The Balaban J connectivity index is 2.11. The SMILES string of the molecule is NCc1cc(C2CCC2)no1. The van der Waals surface area contributed by atoms with Crippen LogP contribution in [0.3, 0.4) is 0 Å². The molecule has 1 aromatic heterocycles. The van der Waals surface area contributed by atoms with Gasteiger partial charge in [-0.15, -0.1) is 0 Å². The van der Waals surface area contributed by atoms with Crippen LogP contribution < -0.4 is 5.73 Å². The molecule has 0 amide bonds. The molecule has 3 nitrogen and oxygen atoms in total. The molecule has 1 saturated carbocycles. The second-order valence-electron chi connectivity index (χ2n) is 3.05. The predicted octanol–water partition coefficient (Wildman–Crippen LogP) is 1.40. The Morgan fingerprint density at radius 3 is 2.91 bits per heavy atom. The molecule has 1 heterocycles. The van der Waals surface area contributed by atoms with Crippen molar-refractivity contribution in [1.82, 2.24) is 5.16 Å². The van der Waals surface area contributed by atoms with Crippen molar-refractivity contribution < 1.29 is 4.52 Å². The molecule has 0 saturated heterocycles. The van der Waals surface area contributed by atoms with Crippen molar-refractivity contribution in [3.8, 4) is 0 Å². The lowest BCUT2D eigenvalue weighted by Gasteiger charge is -2.22. The van der Waals surface area contributed by atoms with Crippen molar-refractivity contribution in [2.24, 2.45) is 5.73 Å². The minimum atomic E-state index is 0.458. The lowest BCUT2D eigenvalue weighted by Crippen LogP contribution is -2.08. The van der Waals surface area contributed by atoms with Crippen molar-refractivity contribution >= 4 is 0 Å². The Labute approximate surface area is 65.6 Å². The van der Waals surface area contributed by atoms with E-state index in [0.717, 1.165) is 11.5 Å². The number of hydrogen-bond donors (Lipinski definition) is 1. The van der Waals surface area contributed by atoms with Gasteiger partial charge in [0.05, 0.1) is 12.2 Å². The molecule has 1 aliphatic rings. The third-order valence-corrected chi connectivity index (χ3v) is 2.30. The average Bonchev–Trinajstić information content (AvgIpc) is 2.32. The van der Waals surface area contributed by atoms with E-state index in [-0.39, 0.29) is 0 Å². The molecule has 1 fully saturated rings. The molecule has 0 aromatic carbocycles. The summed E-state index contributed by atoms with van der Waals surface area (Å²) in [6.45, 7) is 0.458. The van der Waals surface area contributed by atoms with Crippen LogP contribution in [0, 0.1) is 0 Å². The molecular weight excluding hydrogens is 140 g/mol. The van der Waals surface area contributed by atoms with Gasteiger partial charge in [-0.2, -0.15) is 0 Å². The summed E-state index contributed by atoms with van der Waals surface area (Å²) in [6.07, 6.45) is 3.85. The lowest BCUT2D eigenvalue weighted by molar-refractivity contribution is 0.348. The Bertz CT molecular complexity index is 240. The second kappa shape index (κ2) is 2.66. The van der Waals surface area contributed by atoms with Crippen molar-refractivity contribution in [1.29, 1.82) is 0 Å². The van der Waals surface area contributed by atoms with Crippen molar-refractivity contribution in [3.63, 3.8) is 0 Å². The first kappa shape index (κ1) is 6.85. The van der Waals surface area contributed by atoms with Gasteiger partial charge < -0.3 is 10.3 Å². The predicted molar refractivity (Wildman–Crippen MR) is 41.0 cm³/mol. The molecule has 0 radical (unpaired) electrons. The normalized spacial score (nSPS) is 18.3. The third-order valence-electron chi connectivity index (χ3n) is 2.30. The van der Waals surface area contributed by atoms with Gasteiger partial charge >= 0.3 is 0 Å². The van der Waals surface area contributed by atoms with E-state index in [9.17, 15) is 0 Å². The fourth-order valence-electron chi connectivity index (χ4n) is 1.32. The Hall–Kier alpha value is -0.830. The van der Waals surface area contributed by atoms with E-state index in [1.807, 2.05) is 6.07 Å². The first-order valence-electron chi connectivity index (χ1n) is 4.05. The topological polar surface area (TPSA) is 52.0 Å². The summed E-state index contributed by atoms with van der Waals surface area (Å²) < 4.78 is 5.00. The average molecular weight is 152 g/mol. The first-order chi connectivity index (χ1) is 5.40. The van der Waals surface area contributed by atoms with Crippen LogP contribution in [0.15, 0.2) is 10.6 Å². The zero-order chi connectivity index (χ0) is 7.68. The summed E-state index contributed by atoms with van der Waals surface area (Å²) in [5.41, 5.74) is 6.48. The van der Waals surface area contributed by atoms with E-state index < -0.39 is 0 Å². The smallest absolute Gasteiger partial charge is 0.150 e. The van der Waals surface area contributed by atoms with Crippen molar-refractivity contribution in [3.05, 3.63) is 17.5 Å². The number of rotatable bonds is 2. The summed E-state index contributed by atoms with van der Waals surface area (Å²) in [4.78, 5) is 0. The molecule has 3 heteroatoms. The summed E-state index contributed by atoms with van der Waals surface area (Å²) in [5.74, 6) is 1.45. The van der Waals surface area contributed by atoms with E-state index in [1.165, 1.54) is 19.3 Å². The largest absolute Gasteiger partial charge is 0.360 e. The highest BCUT2D eigenvalue weighted by molar-refractivity contribution is 5.12. The van der Waals surface area contributed by atoms with Gasteiger partial charge in [-0.25, -0.2) is 0 Å². The fraction of sp³-hybridized carbons (Fsp3) is 0.625. The molecular formula is C8H12N2O. The zero-order valence-electron chi connectivity index (χ0n) is 6.42. The number of aromatic nitrogens is 1. The molecule has 60 valence electrons. The number of hydrogen-bond acceptors (Lipinski definition) is 3. The zero-order valence-corrected chi connectivity index (χ0v) is 6.42. The van der Waals surface area contributed by atoms with Crippen LogP contribution in [0.25, 0.3) is 0 Å². The number of nitrogens with two attached hydrogens (primary N) is 1. The molecule has 1 aromatic rings. The fourth-order valence-corrected chi connectivity index (χ4v) is 1.32. The molecule has 0 aliphatic heterocycles.